The predicted molar refractivity (Wildman–Crippen MR) is 120 cm³/mol. The van der Waals surface area contributed by atoms with Crippen molar-refractivity contribution >= 4 is 54.6 Å². The smallest absolute Gasteiger partial charge is 0.270 e. The first-order chi connectivity index (χ1) is 14.7. The van der Waals surface area contributed by atoms with Crippen LogP contribution in [-0.2, 0) is 21.2 Å². The van der Waals surface area contributed by atoms with Gasteiger partial charge in [-0.2, -0.15) is 4.99 Å². The maximum atomic E-state index is 12.4. The van der Waals surface area contributed by atoms with Crippen LogP contribution in [0.2, 0.25) is 5.02 Å². The molecule has 0 spiro atoms. The second kappa shape index (κ2) is 9.54. The van der Waals surface area contributed by atoms with Crippen molar-refractivity contribution in [2.24, 2.45) is 4.99 Å². The van der Waals surface area contributed by atoms with Gasteiger partial charge in [-0.1, -0.05) is 29.0 Å². The lowest BCUT2D eigenvalue weighted by Gasteiger charge is -2.04. The molecule has 0 aliphatic heterocycles. The number of aromatic nitrogens is 1. The summed E-state index contributed by atoms with van der Waals surface area (Å²) in [6.45, 7) is 4.06. The molecule has 0 radical (unpaired) electrons. The van der Waals surface area contributed by atoms with Crippen LogP contribution in [0.3, 0.4) is 0 Å². The third-order valence-electron chi connectivity index (χ3n) is 4.39. The van der Waals surface area contributed by atoms with Crippen LogP contribution >= 0.6 is 22.9 Å². The molecule has 0 atom stereocenters. The quantitative estimate of drug-likeness (QED) is 0.274. The molecule has 1 amide bonds. The average Bonchev–Trinajstić information content (AvgIpc) is 3.04. The topological polar surface area (TPSA) is 112 Å². The zero-order valence-electron chi connectivity index (χ0n) is 16.2. The van der Waals surface area contributed by atoms with E-state index in [1.54, 1.807) is 16.7 Å². The van der Waals surface area contributed by atoms with Crippen molar-refractivity contribution in [2.75, 3.05) is 5.75 Å². The lowest BCUT2D eigenvalue weighted by Crippen LogP contribution is -2.16. The van der Waals surface area contributed by atoms with Crippen molar-refractivity contribution in [1.82, 2.24) is 4.57 Å². The van der Waals surface area contributed by atoms with Crippen LogP contribution in [0, 0.1) is 10.1 Å². The highest BCUT2D eigenvalue weighted by atomic mass is 35.5. The number of halogens is 1. The molecule has 0 fully saturated rings. The van der Waals surface area contributed by atoms with Gasteiger partial charge >= 0.3 is 0 Å². The summed E-state index contributed by atoms with van der Waals surface area (Å²) in [6, 6.07) is 10.3. The summed E-state index contributed by atoms with van der Waals surface area (Å²) < 4.78 is 27.1. The van der Waals surface area contributed by atoms with Gasteiger partial charge in [0.2, 0.25) is 5.91 Å². The Morgan fingerprint density at radius 1 is 1.26 bits per heavy atom. The number of hydrogen-bond acceptors (Lipinski definition) is 6. The molecule has 0 aliphatic carbocycles. The number of rotatable bonds is 8. The molecule has 0 N–H and O–H groups in total. The summed E-state index contributed by atoms with van der Waals surface area (Å²) in [5, 5.41) is 11.5. The fourth-order valence-electron chi connectivity index (χ4n) is 2.90. The maximum Gasteiger partial charge on any atom is 0.270 e. The number of allylic oxidation sites excluding steroid dienone is 1. The molecule has 11 heteroatoms. The molecule has 31 heavy (non-hydrogen) atoms. The number of carbonyl (C=O) groups is 1. The highest BCUT2D eigenvalue weighted by Gasteiger charge is 2.16. The Balaban J connectivity index is 1.78. The lowest BCUT2D eigenvalue weighted by atomic mass is 10.3. The summed E-state index contributed by atoms with van der Waals surface area (Å²) >= 11 is 6.93. The average molecular weight is 480 g/mol. The van der Waals surface area contributed by atoms with Gasteiger partial charge in [0.1, 0.15) is 0 Å². The van der Waals surface area contributed by atoms with Crippen LogP contribution in [0.15, 0.2) is 65.0 Å². The Labute approximate surface area is 187 Å². The Morgan fingerprint density at radius 3 is 2.61 bits per heavy atom. The number of fused-ring (bicyclic) bond motifs is 1. The van der Waals surface area contributed by atoms with Crippen LogP contribution in [-0.4, -0.2) is 29.6 Å². The summed E-state index contributed by atoms with van der Waals surface area (Å²) in [5.41, 5.74) is 0.650. The first-order valence-corrected chi connectivity index (χ1v) is 12.0. The van der Waals surface area contributed by atoms with E-state index < -0.39 is 20.7 Å². The minimum Gasteiger partial charge on any atom is -0.312 e. The third kappa shape index (κ3) is 5.46. The summed E-state index contributed by atoms with van der Waals surface area (Å²) in [4.78, 5) is 27.5. The highest BCUT2D eigenvalue weighted by molar-refractivity contribution is 7.91. The van der Waals surface area contributed by atoms with E-state index in [1.165, 1.54) is 36.4 Å². The third-order valence-corrected chi connectivity index (χ3v) is 7.50. The molecule has 1 heterocycles. The van der Waals surface area contributed by atoms with E-state index in [0.29, 0.717) is 26.6 Å². The van der Waals surface area contributed by atoms with E-state index in [1.807, 2.05) is 0 Å². The van der Waals surface area contributed by atoms with Crippen molar-refractivity contribution in [2.45, 2.75) is 24.3 Å². The first kappa shape index (κ1) is 22.9. The number of nitro benzene ring substituents is 1. The molecule has 3 aromatic rings. The van der Waals surface area contributed by atoms with Gasteiger partial charge in [0.05, 0.1) is 25.8 Å². The minimum absolute atomic E-state index is 0.0463. The fourth-order valence-corrected chi connectivity index (χ4v) is 5.43. The number of thiazole rings is 1. The lowest BCUT2D eigenvalue weighted by molar-refractivity contribution is -0.384. The standard InChI is InChI=1S/C20H18ClN3O5S2/c1-2-11-23-17-10-7-15(24(26)27)13-18(17)30-20(23)22-19(25)4-3-12-31(28,29)16-8-5-14(21)6-9-16/h2,5-10,13H,1,3-4,11-12H2. The molecular formula is C20H18ClN3O5S2. The Morgan fingerprint density at radius 2 is 1.97 bits per heavy atom. The Bertz CT molecular complexity index is 1330. The van der Waals surface area contributed by atoms with Gasteiger partial charge < -0.3 is 4.57 Å². The van der Waals surface area contributed by atoms with Crippen LogP contribution in [0.4, 0.5) is 5.69 Å². The summed E-state index contributed by atoms with van der Waals surface area (Å²) in [7, 11) is -3.53. The van der Waals surface area contributed by atoms with Crippen molar-refractivity contribution in [3.05, 3.63) is 75.1 Å². The predicted octanol–water partition coefficient (Wildman–Crippen LogP) is 4.13. The Kier molecular flexibility index (Phi) is 7.04. The van der Waals surface area contributed by atoms with Crippen molar-refractivity contribution in [3.8, 4) is 0 Å². The molecule has 1 aromatic heterocycles. The van der Waals surface area contributed by atoms with Gasteiger partial charge in [0.25, 0.3) is 5.69 Å². The molecule has 0 unspecified atom stereocenters. The molecule has 2 aromatic carbocycles. The number of nitro groups is 1. The van der Waals surface area contributed by atoms with Gasteiger partial charge in [0, 0.05) is 30.1 Å². The highest BCUT2D eigenvalue weighted by Crippen LogP contribution is 2.23. The summed E-state index contributed by atoms with van der Waals surface area (Å²) in [5.74, 6) is -0.661. The molecule has 8 nitrogen and oxygen atoms in total. The van der Waals surface area contributed by atoms with Crippen molar-refractivity contribution in [3.63, 3.8) is 0 Å². The van der Waals surface area contributed by atoms with E-state index >= 15 is 0 Å². The number of sulfone groups is 1. The fraction of sp³-hybridized carbons (Fsp3) is 0.200. The van der Waals surface area contributed by atoms with E-state index in [-0.39, 0.29) is 29.2 Å². The van der Waals surface area contributed by atoms with E-state index in [0.717, 1.165) is 11.3 Å². The van der Waals surface area contributed by atoms with Gasteiger partial charge in [-0.05, 0) is 36.8 Å². The number of hydrogen-bond donors (Lipinski definition) is 0. The normalized spacial score (nSPS) is 12.2. The number of benzene rings is 2. The van der Waals surface area contributed by atoms with Crippen LogP contribution in [0.25, 0.3) is 10.2 Å². The molecule has 0 aliphatic rings. The second-order valence-corrected chi connectivity index (χ2v) is 10.1. The molecule has 162 valence electrons. The van der Waals surface area contributed by atoms with E-state index in [4.69, 9.17) is 11.6 Å². The van der Waals surface area contributed by atoms with Crippen LogP contribution in [0.1, 0.15) is 12.8 Å². The van der Waals surface area contributed by atoms with Gasteiger partial charge in [-0.15, -0.1) is 6.58 Å². The van der Waals surface area contributed by atoms with Gasteiger partial charge in [-0.25, -0.2) is 8.42 Å². The van der Waals surface area contributed by atoms with Crippen LogP contribution < -0.4 is 4.80 Å². The number of nitrogens with zero attached hydrogens (tertiary/aromatic N) is 3. The largest absolute Gasteiger partial charge is 0.312 e. The molecular weight excluding hydrogens is 462 g/mol. The van der Waals surface area contributed by atoms with Crippen molar-refractivity contribution < 1.29 is 18.1 Å². The molecule has 3 rings (SSSR count). The minimum atomic E-state index is -3.53. The SMILES string of the molecule is C=CCn1c(=NC(=O)CCCS(=O)(=O)c2ccc(Cl)cc2)sc2cc([N+](=O)[O-])ccc21. The monoisotopic (exact) mass is 479 g/mol. The van der Waals surface area contributed by atoms with Gasteiger partial charge in [-0.3, -0.25) is 14.9 Å². The van der Waals surface area contributed by atoms with E-state index in [9.17, 15) is 23.3 Å². The van der Waals surface area contributed by atoms with Gasteiger partial charge in [0.15, 0.2) is 14.6 Å². The molecule has 0 saturated carbocycles. The number of amides is 1. The van der Waals surface area contributed by atoms with Crippen LogP contribution in [0.5, 0.6) is 0 Å². The summed E-state index contributed by atoms with van der Waals surface area (Å²) in [6.07, 6.45) is 1.70. The second-order valence-electron chi connectivity index (χ2n) is 6.57. The van der Waals surface area contributed by atoms with E-state index in [2.05, 4.69) is 11.6 Å². The number of non-ortho nitro benzene ring substituents is 1. The van der Waals surface area contributed by atoms with Crippen molar-refractivity contribution in [1.29, 1.82) is 0 Å². The molecule has 0 saturated heterocycles. The zero-order valence-corrected chi connectivity index (χ0v) is 18.6. The zero-order chi connectivity index (χ0) is 22.6. The Hall–Kier alpha value is -2.82. The first-order valence-electron chi connectivity index (χ1n) is 9.16. The maximum absolute atomic E-state index is 12.4. The molecule has 0 bridgehead atoms. The number of carbonyl (C=O) groups excluding carboxylic acids is 1.